The number of H-pyrrole nitrogens is 1. The smallest absolute Gasteiger partial charge is 0.341 e. The van der Waals surface area contributed by atoms with Crippen molar-refractivity contribution in [2.75, 3.05) is 46.9 Å². The van der Waals surface area contributed by atoms with Crippen molar-refractivity contribution in [2.24, 2.45) is 5.92 Å². The van der Waals surface area contributed by atoms with E-state index in [2.05, 4.69) is 26.9 Å². The standard InChI is InChI=1S/C41H43Cl2N3O7/c1-49-34-13-12-30(22-35(34)50-2)39(52-37-32(42)23-44-24-33(37)43)53-38(47)29-10-8-27(9-11-29)25-46-20-16-41(17-21-46,31-6-4-3-5-7-31)40(48)51-36-26-45-18-14-28(36)15-19-45/h3-13,22-24,28,36,39H,14-21,25-26H2,1-2H3/p+1/t36-,39+/m0/s1. The van der Waals surface area contributed by atoms with Crippen LogP contribution in [0.1, 0.15) is 59.0 Å². The second-order valence-electron chi connectivity index (χ2n) is 14.0. The molecular weight excluding hydrogens is 717 g/mol. The summed E-state index contributed by atoms with van der Waals surface area (Å²) >= 11 is 12.8. The fraction of sp³-hybridized carbons (Fsp3) is 0.390. The normalized spacial score (nSPS) is 21.3. The first-order valence-electron chi connectivity index (χ1n) is 18.0. The number of nitrogens with one attached hydrogen (secondary N) is 1. The maximum Gasteiger partial charge on any atom is 0.341 e. The zero-order valence-electron chi connectivity index (χ0n) is 29.9. The molecule has 0 aliphatic carbocycles. The first kappa shape index (κ1) is 37.0. The summed E-state index contributed by atoms with van der Waals surface area (Å²) in [5, 5.41) is 0.432. The number of nitrogens with zero attached hydrogens (tertiary/aromatic N) is 2. The number of esters is 2. The Kier molecular flexibility index (Phi) is 11.4. The Morgan fingerprint density at radius 1 is 0.868 bits per heavy atom. The van der Waals surface area contributed by atoms with Crippen molar-refractivity contribution in [1.29, 1.82) is 0 Å². The SMILES string of the molecule is COc1ccc([C@@H](OC(=O)c2ccc(CN3CCC(C(=O)O[C@H]4CN5CCC4CC5)(c4ccccc4)CC3)cc2)Oc2c(Cl)c[nH+]cc2Cl)cc1OC. The molecule has 5 heterocycles. The van der Waals surface area contributed by atoms with E-state index in [0.717, 1.165) is 56.7 Å². The fourth-order valence-electron chi connectivity index (χ4n) is 7.74. The van der Waals surface area contributed by atoms with E-state index in [1.807, 2.05) is 30.3 Å². The molecule has 0 spiro atoms. The number of hydrogen-bond donors (Lipinski definition) is 0. The highest BCUT2D eigenvalue weighted by molar-refractivity contribution is 6.36. The Labute approximate surface area is 319 Å². The third kappa shape index (κ3) is 8.11. The number of carbonyl (C=O) groups is 2. The minimum atomic E-state index is -1.21. The molecule has 0 radical (unpaired) electrons. The lowest BCUT2D eigenvalue weighted by atomic mass is 9.72. The average Bonchev–Trinajstić information content (AvgIpc) is 3.20. The average molecular weight is 762 g/mol. The number of rotatable bonds is 12. The zero-order valence-corrected chi connectivity index (χ0v) is 31.4. The molecule has 4 aromatic rings. The molecule has 0 unspecified atom stereocenters. The number of likely N-dealkylation sites (tertiary alicyclic amines) is 1. The number of hydrogen-bond acceptors (Lipinski definition) is 9. The van der Waals surface area contributed by atoms with Crippen LogP contribution in [0.5, 0.6) is 17.2 Å². The number of pyridine rings is 1. The number of benzene rings is 3. The monoisotopic (exact) mass is 760 g/mol. The molecule has 2 atom stereocenters. The molecule has 10 nitrogen and oxygen atoms in total. The number of piperidine rings is 4. The van der Waals surface area contributed by atoms with Crippen LogP contribution in [-0.4, -0.2) is 74.8 Å². The summed E-state index contributed by atoms with van der Waals surface area (Å²) in [5.74, 6) is 0.864. The van der Waals surface area contributed by atoms with Gasteiger partial charge in [0, 0.05) is 18.7 Å². The Balaban J connectivity index is 1.02. The van der Waals surface area contributed by atoms with Crippen molar-refractivity contribution in [3.63, 3.8) is 0 Å². The van der Waals surface area contributed by atoms with Gasteiger partial charge in [-0.25, -0.2) is 9.78 Å². The lowest BCUT2D eigenvalue weighted by Crippen LogP contribution is -2.54. The van der Waals surface area contributed by atoms with Gasteiger partial charge in [-0.3, -0.25) is 14.6 Å². The van der Waals surface area contributed by atoms with Gasteiger partial charge in [-0.2, -0.15) is 0 Å². The van der Waals surface area contributed by atoms with Gasteiger partial charge in [0.1, 0.15) is 16.1 Å². The van der Waals surface area contributed by atoms with Crippen LogP contribution in [-0.2, 0) is 26.2 Å². The summed E-state index contributed by atoms with van der Waals surface area (Å²) in [4.78, 5) is 35.2. The van der Waals surface area contributed by atoms with Crippen LogP contribution in [0.3, 0.4) is 0 Å². The topological polar surface area (TPSA) is 101 Å². The van der Waals surface area contributed by atoms with Gasteiger partial charge in [-0.15, -0.1) is 0 Å². The molecule has 0 saturated carbocycles. The minimum absolute atomic E-state index is 0.0257. The highest BCUT2D eigenvalue weighted by atomic mass is 35.5. The van der Waals surface area contributed by atoms with E-state index in [1.165, 1.54) is 26.6 Å². The van der Waals surface area contributed by atoms with E-state index in [-0.39, 0.29) is 27.9 Å². The summed E-state index contributed by atoms with van der Waals surface area (Å²) < 4.78 is 29.2. The zero-order chi connectivity index (χ0) is 37.0. The number of methoxy groups -OCH3 is 2. The Bertz CT molecular complexity index is 1880. The van der Waals surface area contributed by atoms with Crippen LogP contribution < -0.4 is 19.2 Å². The van der Waals surface area contributed by atoms with Gasteiger partial charge in [0.25, 0.3) is 6.29 Å². The molecule has 3 aromatic carbocycles. The molecule has 8 rings (SSSR count). The van der Waals surface area contributed by atoms with Gasteiger partial charge in [0.05, 0.1) is 25.2 Å². The lowest BCUT2D eigenvalue weighted by Gasteiger charge is -2.46. The van der Waals surface area contributed by atoms with E-state index in [1.54, 1.807) is 30.3 Å². The van der Waals surface area contributed by atoms with Crippen molar-refractivity contribution >= 4 is 35.1 Å². The molecule has 4 saturated heterocycles. The van der Waals surface area contributed by atoms with Crippen LogP contribution in [0.15, 0.2) is 85.2 Å². The van der Waals surface area contributed by atoms with Crippen molar-refractivity contribution < 1.29 is 38.3 Å². The molecule has 4 fully saturated rings. The van der Waals surface area contributed by atoms with Gasteiger partial charge in [0.15, 0.2) is 29.6 Å². The first-order chi connectivity index (χ1) is 25.8. The Hall–Kier alpha value is -4.35. The highest BCUT2D eigenvalue weighted by Crippen LogP contribution is 2.40. The van der Waals surface area contributed by atoms with Gasteiger partial charge in [-0.05, 0) is 99.2 Å². The minimum Gasteiger partial charge on any atom is -0.493 e. The molecule has 12 heteroatoms. The molecule has 0 amide bonds. The highest BCUT2D eigenvalue weighted by Gasteiger charge is 2.47. The number of aromatic nitrogens is 1. The van der Waals surface area contributed by atoms with Gasteiger partial charge >= 0.3 is 11.9 Å². The van der Waals surface area contributed by atoms with Crippen LogP contribution in [0, 0.1) is 5.92 Å². The van der Waals surface area contributed by atoms with E-state index in [0.29, 0.717) is 47.9 Å². The number of aromatic amines is 1. The fourth-order valence-corrected chi connectivity index (χ4v) is 8.20. The first-order valence-corrected chi connectivity index (χ1v) is 18.8. The van der Waals surface area contributed by atoms with Gasteiger partial charge in [-0.1, -0.05) is 65.7 Å². The molecule has 278 valence electrons. The third-order valence-electron chi connectivity index (χ3n) is 10.8. The summed E-state index contributed by atoms with van der Waals surface area (Å²) in [7, 11) is 3.05. The predicted octanol–water partition coefficient (Wildman–Crippen LogP) is 6.93. The Morgan fingerprint density at radius 3 is 2.17 bits per heavy atom. The number of carbonyl (C=O) groups excluding carboxylic acids is 2. The largest absolute Gasteiger partial charge is 0.493 e. The molecule has 4 aliphatic heterocycles. The number of ether oxygens (including phenoxy) is 5. The molecule has 4 aliphatic rings. The van der Waals surface area contributed by atoms with Crippen LogP contribution in [0.25, 0.3) is 0 Å². The van der Waals surface area contributed by atoms with E-state index in [9.17, 15) is 9.59 Å². The van der Waals surface area contributed by atoms with E-state index in [4.69, 9.17) is 46.9 Å². The second-order valence-corrected chi connectivity index (χ2v) is 14.8. The predicted molar refractivity (Wildman–Crippen MR) is 199 cm³/mol. The second kappa shape index (κ2) is 16.3. The lowest BCUT2D eigenvalue weighted by molar-refractivity contribution is -0.377. The quantitative estimate of drug-likeness (QED) is 0.112. The van der Waals surface area contributed by atoms with Crippen molar-refractivity contribution in [1.82, 2.24) is 9.80 Å². The van der Waals surface area contributed by atoms with Crippen molar-refractivity contribution in [3.05, 3.63) is 117 Å². The summed E-state index contributed by atoms with van der Waals surface area (Å²) in [6.07, 6.45) is 5.34. The molecule has 2 bridgehead atoms. The van der Waals surface area contributed by atoms with Crippen LogP contribution in [0.2, 0.25) is 10.0 Å². The third-order valence-corrected chi connectivity index (χ3v) is 11.4. The van der Waals surface area contributed by atoms with Crippen LogP contribution >= 0.6 is 23.2 Å². The van der Waals surface area contributed by atoms with Crippen LogP contribution in [0.4, 0.5) is 0 Å². The summed E-state index contributed by atoms with van der Waals surface area (Å²) in [6, 6.07) is 22.5. The summed E-state index contributed by atoms with van der Waals surface area (Å²) in [6.45, 7) is 5.20. The molecule has 1 N–H and O–H groups in total. The van der Waals surface area contributed by atoms with Gasteiger partial charge < -0.3 is 23.7 Å². The maximum atomic E-state index is 14.1. The molecular formula is C41H44Cl2N3O7+. The van der Waals surface area contributed by atoms with E-state index >= 15 is 0 Å². The number of fused-ring (bicyclic) bond motifs is 3. The summed E-state index contributed by atoms with van der Waals surface area (Å²) in [5.41, 5.74) is 2.22. The molecule has 1 aromatic heterocycles. The number of halogens is 2. The Morgan fingerprint density at radius 2 is 1.55 bits per heavy atom. The van der Waals surface area contributed by atoms with Crippen molar-refractivity contribution in [3.8, 4) is 17.2 Å². The molecule has 53 heavy (non-hydrogen) atoms. The van der Waals surface area contributed by atoms with Crippen molar-refractivity contribution in [2.45, 2.75) is 50.0 Å². The van der Waals surface area contributed by atoms with E-state index < -0.39 is 17.7 Å². The maximum absolute atomic E-state index is 14.1. The van der Waals surface area contributed by atoms with Gasteiger partial charge in [0.2, 0.25) is 0 Å².